The average molecular weight is 284 g/mol. The Bertz CT molecular complexity index is 765. The third kappa shape index (κ3) is 2.17. The third-order valence-electron chi connectivity index (χ3n) is 3.47. The second-order valence-electron chi connectivity index (χ2n) is 4.80. The van der Waals surface area contributed by atoms with Gasteiger partial charge < -0.3 is 5.11 Å². The van der Waals surface area contributed by atoms with Gasteiger partial charge in [-0.2, -0.15) is 0 Å². The highest BCUT2D eigenvalue weighted by Crippen LogP contribution is 2.33. The number of aliphatic hydroxyl groups excluding tert-OH is 1. The van der Waals surface area contributed by atoms with Gasteiger partial charge in [0.2, 0.25) is 0 Å². The van der Waals surface area contributed by atoms with E-state index in [9.17, 15) is 5.11 Å². The third-order valence-corrected chi connectivity index (χ3v) is 3.99. The van der Waals surface area contributed by atoms with Gasteiger partial charge in [-0.15, -0.1) is 0 Å². The van der Waals surface area contributed by atoms with E-state index >= 15 is 0 Å². The summed E-state index contributed by atoms with van der Waals surface area (Å²) in [4.78, 5) is 4.38. The van der Waals surface area contributed by atoms with Crippen molar-refractivity contribution in [1.82, 2.24) is 4.98 Å². The monoisotopic (exact) mass is 283 g/mol. The standard InChI is InChI=1S/C17H14ClNO/c1-11-5-2-8-13(15(11)18)17(20)14-9-3-6-12-7-4-10-19-16(12)14/h2-10,17,20H,1H3. The van der Waals surface area contributed by atoms with Crippen LogP contribution in [-0.2, 0) is 0 Å². The van der Waals surface area contributed by atoms with Gasteiger partial charge >= 0.3 is 0 Å². The first-order valence-corrected chi connectivity index (χ1v) is 6.83. The van der Waals surface area contributed by atoms with Crippen molar-refractivity contribution in [3.63, 3.8) is 0 Å². The zero-order valence-corrected chi connectivity index (χ0v) is 11.8. The van der Waals surface area contributed by atoms with E-state index in [1.807, 2.05) is 55.5 Å². The lowest BCUT2D eigenvalue weighted by molar-refractivity contribution is 0.221. The van der Waals surface area contributed by atoms with Gasteiger partial charge in [-0.25, -0.2) is 0 Å². The quantitative estimate of drug-likeness (QED) is 0.761. The minimum absolute atomic E-state index is 0.605. The van der Waals surface area contributed by atoms with Crippen LogP contribution in [0.4, 0.5) is 0 Å². The van der Waals surface area contributed by atoms with Crippen LogP contribution in [0.1, 0.15) is 22.8 Å². The topological polar surface area (TPSA) is 33.1 Å². The van der Waals surface area contributed by atoms with Crippen LogP contribution in [0.2, 0.25) is 5.02 Å². The molecule has 1 heterocycles. The molecule has 0 saturated heterocycles. The fraction of sp³-hybridized carbons (Fsp3) is 0.118. The molecule has 0 aliphatic carbocycles. The van der Waals surface area contributed by atoms with E-state index in [0.717, 1.165) is 22.0 Å². The molecule has 1 N–H and O–H groups in total. The molecule has 2 aromatic carbocycles. The zero-order chi connectivity index (χ0) is 14.1. The maximum absolute atomic E-state index is 10.7. The smallest absolute Gasteiger partial charge is 0.108 e. The molecule has 3 rings (SSSR count). The highest BCUT2D eigenvalue weighted by molar-refractivity contribution is 6.32. The number of nitrogens with zero attached hydrogens (tertiary/aromatic N) is 1. The van der Waals surface area contributed by atoms with Crippen molar-refractivity contribution in [3.8, 4) is 0 Å². The van der Waals surface area contributed by atoms with E-state index in [1.165, 1.54) is 0 Å². The van der Waals surface area contributed by atoms with Gasteiger partial charge in [-0.05, 0) is 18.6 Å². The summed E-state index contributed by atoms with van der Waals surface area (Å²) < 4.78 is 0. The molecular formula is C17H14ClNO. The fourth-order valence-corrected chi connectivity index (χ4v) is 2.63. The van der Waals surface area contributed by atoms with Crippen molar-refractivity contribution in [2.45, 2.75) is 13.0 Å². The number of rotatable bonds is 2. The molecule has 0 aliphatic heterocycles. The molecule has 1 atom stereocenters. The van der Waals surface area contributed by atoms with Gasteiger partial charge in [0.25, 0.3) is 0 Å². The Morgan fingerprint density at radius 3 is 2.55 bits per heavy atom. The molecule has 0 saturated carbocycles. The first kappa shape index (κ1) is 13.1. The molecule has 1 unspecified atom stereocenters. The second kappa shape index (κ2) is 5.23. The lowest BCUT2D eigenvalue weighted by Crippen LogP contribution is -2.03. The number of para-hydroxylation sites is 1. The molecule has 3 aromatic rings. The van der Waals surface area contributed by atoms with Crippen LogP contribution >= 0.6 is 11.6 Å². The SMILES string of the molecule is Cc1cccc(C(O)c2cccc3cccnc23)c1Cl. The van der Waals surface area contributed by atoms with Crippen LogP contribution in [0.25, 0.3) is 10.9 Å². The van der Waals surface area contributed by atoms with E-state index < -0.39 is 6.10 Å². The summed E-state index contributed by atoms with van der Waals surface area (Å²) in [5.41, 5.74) is 3.25. The van der Waals surface area contributed by atoms with E-state index in [0.29, 0.717) is 10.6 Å². The van der Waals surface area contributed by atoms with Crippen LogP contribution in [0.15, 0.2) is 54.7 Å². The van der Waals surface area contributed by atoms with E-state index in [2.05, 4.69) is 4.98 Å². The zero-order valence-electron chi connectivity index (χ0n) is 11.0. The van der Waals surface area contributed by atoms with E-state index in [4.69, 9.17) is 11.6 Å². The molecule has 100 valence electrons. The van der Waals surface area contributed by atoms with Crippen molar-refractivity contribution in [1.29, 1.82) is 0 Å². The van der Waals surface area contributed by atoms with Crippen molar-refractivity contribution in [2.75, 3.05) is 0 Å². The van der Waals surface area contributed by atoms with Gasteiger partial charge in [0.15, 0.2) is 0 Å². The van der Waals surface area contributed by atoms with Gasteiger partial charge in [0.1, 0.15) is 6.10 Å². The summed E-state index contributed by atoms with van der Waals surface area (Å²) in [6.45, 7) is 1.93. The van der Waals surface area contributed by atoms with Crippen LogP contribution in [0.5, 0.6) is 0 Å². The number of aromatic nitrogens is 1. The van der Waals surface area contributed by atoms with E-state index in [1.54, 1.807) is 6.20 Å². The summed E-state index contributed by atoms with van der Waals surface area (Å²) in [5.74, 6) is 0. The van der Waals surface area contributed by atoms with Gasteiger partial charge in [-0.1, -0.05) is 54.1 Å². The molecule has 20 heavy (non-hydrogen) atoms. The number of hydrogen-bond acceptors (Lipinski definition) is 2. The highest BCUT2D eigenvalue weighted by atomic mass is 35.5. The number of hydrogen-bond donors (Lipinski definition) is 1. The maximum atomic E-state index is 10.7. The number of aryl methyl sites for hydroxylation is 1. The summed E-state index contributed by atoms with van der Waals surface area (Å²) in [6, 6.07) is 15.3. The Labute approximate surface area is 122 Å². The van der Waals surface area contributed by atoms with Crippen LogP contribution in [-0.4, -0.2) is 10.1 Å². The molecule has 1 aromatic heterocycles. The number of pyridine rings is 1. The van der Waals surface area contributed by atoms with Crippen LogP contribution in [0.3, 0.4) is 0 Å². The molecular weight excluding hydrogens is 270 g/mol. The molecule has 0 fully saturated rings. The van der Waals surface area contributed by atoms with Crippen LogP contribution < -0.4 is 0 Å². The predicted molar refractivity (Wildman–Crippen MR) is 82.0 cm³/mol. The lowest BCUT2D eigenvalue weighted by atomic mass is 9.97. The molecule has 0 amide bonds. The van der Waals surface area contributed by atoms with Crippen molar-refractivity contribution in [3.05, 3.63) is 76.4 Å². The molecule has 0 bridgehead atoms. The Balaban J connectivity index is 2.18. The van der Waals surface area contributed by atoms with Crippen molar-refractivity contribution in [2.24, 2.45) is 0 Å². The number of fused-ring (bicyclic) bond motifs is 1. The lowest BCUT2D eigenvalue weighted by Gasteiger charge is -2.16. The normalized spacial score (nSPS) is 12.6. The maximum Gasteiger partial charge on any atom is 0.108 e. The molecule has 3 heteroatoms. The highest BCUT2D eigenvalue weighted by Gasteiger charge is 2.17. The summed E-state index contributed by atoms with van der Waals surface area (Å²) in [5, 5.41) is 12.3. The minimum atomic E-state index is -0.777. The van der Waals surface area contributed by atoms with Crippen molar-refractivity contribution < 1.29 is 5.11 Å². The Kier molecular flexibility index (Phi) is 3.43. The first-order valence-electron chi connectivity index (χ1n) is 6.45. The number of halogens is 1. The predicted octanol–water partition coefficient (Wildman–Crippen LogP) is 4.28. The molecule has 0 aliphatic rings. The number of benzene rings is 2. The van der Waals surface area contributed by atoms with Crippen LogP contribution in [0, 0.1) is 6.92 Å². The largest absolute Gasteiger partial charge is 0.384 e. The van der Waals surface area contributed by atoms with Crippen molar-refractivity contribution >= 4 is 22.5 Å². The first-order chi connectivity index (χ1) is 9.68. The van der Waals surface area contributed by atoms with Gasteiger partial charge in [0.05, 0.1) is 5.52 Å². The molecule has 0 radical (unpaired) electrons. The Hall–Kier alpha value is -1.90. The van der Waals surface area contributed by atoms with Gasteiger partial charge in [-0.3, -0.25) is 4.98 Å². The summed E-state index contributed by atoms with van der Waals surface area (Å²) in [7, 11) is 0. The second-order valence-corrected chi connectivity index (χ2v) is 5.18. The fourth-order valence-electron chi connectivity index (χ4n) is 2.40. The molecule has 0 spiro atoms. The number of aliphatic hydroxyl groups is 1. The Morgan fingerprint density at radius 1 is 1.00 bits per heavy atom. The molecule has 2 nitrogen and oxygen atoms in total. The van der Waals surface area contributed by atoms with Gasteiger partial charge in [0, 0.05) is 27.7 Å². The van der Waals surface area contributed by atoms with E-state index in [-0.39, 0.29) is 0 Å². The summed E-state index contributed by atoms with van der Waals surface area (Å²) >= 11 is 6.31. The Morgan fingerprint density at radius 2 is 1.70 bits per heavy atom. The minimum Gasteiger partial charge on any atom is -0.384 e. The summed E-state index contributed by atoms with van der Waals surface area (Å²) in [6.07, 6.45) is 0.956. The average Bonchev–Trinajstić information content (AvgIpc) is 2.49.